The van der Waals surface area contributed by atoms with Crippen LogP contribution in [0.1, 0.15) is 0 Å². The second-order valence-electron chi connectivity index (χ2n) is 5.37. The number of nitro groups is 1. The fourth-order valence-electron chi connectivity index (χ4n) is 2.39. The van der Waals surface area contributed by atoms with Gasteiger partial charge in [0.15, 0.2) is 0 Å². The maximum atomic E-state index is 12.7. The summed E-state index contributed by atoms with van der Waals surface area (Å²) in [6.07, 6.45) is 0. The Kier molecular flexibility index (Phi) is 5.09. The molecule has 0 atom stereocenters. The van der Waals surface area contributed by atoms with Gasteiger partial charge in [-0.2, -0.15) is 0 Å². The zero-order chi connectivity index (χ0) is 18.4. The van der Waals surface area contributed by atoms with E-state index in [2.05, 4.69) is 10.9 Å². The van der Waals surface area contributed by atoms with Crippen LogP contribution in [-0.2, 0) is 0 Å². The van der Waals surface area contributed by atoms with E-state index in [0.717, 1.165) is 0 Å². The molecule has 0 heterocycles. The maximum Gasteiger partial charge on any atom is 0.345 e. The number of para-hydroxylation sites is 2. The molecule has 26 heavy (non-hydrogen) atoms. The molecule has 3 aromatic carbocycles. The van der Waals surface area contributed by atoms with Crippen LogP contribution in [0.15, 0.2) is 84.9 Å². The highest BCUT2D eigenvalue weighted by Crippen LogP contribution is 2.25. The van der Waals surface area contributed by atoms with Crippen molar-refractivity contribution in [3.05, 3.63) is 95.0 Å². The Labute approximate surface area is 150 Å². The molecule has 0 aliphatic rings. The highest BCUT2D eigenvalue weighted by Gasteiger charge is 2.17. The molecule has 130 valence electrons. The minimum atomic E-state index is -0.477. The summed E-state index contributed by atoms with van der Waals surface area (Å²) in [7, 11) is 0. The minimum absolute atomic E-state index is 0.0166. The van der Waals surface area contributed by atoms with Crippen LogP contribution < -0.4 is 15.8 Å². The molecule has 0 fully saturated rings. The van der Waals surface area contributed by atoms with Gasteiger partial charge < -0.3 is 0 Å². The predicted octanol–water partition coefficient (Wildman–Crippen LogP) is 4.47. The fourth-order valence-corrected chi connectivity index (χ4v) is 2.39. The lowest BCUT2D eigenvalue weighted by atomic mass is 10.2. The van der Waals surface area contributed by atoms with E-state index < -0.39 is 4.92 Å². The van der Waals surface area contributed by atoms with Crippen molar-refractivity contribution in [2.75, 3.05) is 10.3 Å². The molecule has 0 radical (unpaired) electrons. The summed E-state index contributed by atoms with van der Waals surface area (Å²) < 4.78 is 0. The van der Waals surface area contributed by atoms with Crippen molar-refractivity contribution in [3.8, 4) is 0 Å². The number of benzene rings is 3. The van der Waals surface area contributed by atoms with Crippen LogP contribution in [0, 0.1) is 10.1 Å². The van der Waals surface area contributed by atoms with Crippen LogP contribution in [0.25, 0.3) is 0 Å². The average Bonchev–Trinajstić information content (AvgIpc) is 2.68. The topological polar surface area (TPSA) is 87.5 Å². The molecule has 0 aromatic heterocycles. The first-order valence-electron chi connectivity index (χ1n) is 7.86. The predicted molar refractivity (Wildman–Crippen MR) is 100 cm³/mol. The SMILES string of the molecule is O=C(NNc1ccc([N+](=O)[O-])cc1)N(c1ccccc1)c1ccccc1. The number of non-ortho nitro benzene ring substituents is 1. The number of nitrogens with zero attached hydrogens (tertiary/aromatic N) is 2. The van der Waals surface area contributed by atoms with E-state index >= 15 is 0 Å². The van der Waals surface area contributed by atoms with Gasteiger partial charge in [0.25, 0.3) is 5.69 Å². The summed E-state index contributed by atoms with van der Waals surface area (Å²) in [6.45, 7) is 0. The lowest BCUT2D eigenvalue weighted by Gasteiger charge is -2.23. The monoisotopic (exact) mass is 348 g/mol. The van der Waals surface area contributed by atoms with Crippen LogP contribution in [0.3, 0.4) is 0 Å². The largest absolute Gasteiger partial charge is 0.345 e. The van der Waals surface area contributed by atoms with E-state index in [9.17, 15) is 14.9 Å². The maximum absolute atomic E-state index is 12.7. The lowest BCUT2D eigenvalue weighted by molar-refractivity contribution is -0.384. The highest BCUT2D eigenvalue weighted by atomic mass is 16.6. The Bertz CT molecular complexity index is 844. The molecule has 7 heteroatoms. The summed E-state index contributed by atoms with van der Waals surface area (Å²) >= 11 is 0. The second kappa shape index (κ2) is 7.80. The Morgan fingerprint density at radius 2 is 1.31 bits per heavy atom. The Morgan fingerprint density at radius 1 is 0.808 bits per heavy atom. The number of hydrogen-bond donors (Lipinski definition) is 2. The molecule has 0 bridgehead atoms. The van der Waals surface area contributed by atoms with Gasteiger partial charge in [0.05, 0.1) is 22.0 Å². The molecule has 0 aliphatic heterocycles. The zero-order valence-corrected chi connectivity index (χ0v) is 13.7. The number of anilines is 3. The first-order chi connectivity index (χ1) is 12.6. The quantitative estimate of drug-likeness (QED) is 0.526. The van der Waals surface area contributed by atoms with Gasteiger partial charge in [0.2, 0.25) is 0 Å². The molecular formula is C19H16N4O3. The smallest absolute Gasteiger partial charge is 0.297 e. The molecule has 2 N–H and O–H groups in total. The summed E-state index contributed by atoms with van der Waals surface area (Å²) in [5.74, 6) is 0. The number of amides is 2. The van der Waals surface area contributed by atoms with Crippen LogP contribution >= 0.6 is 0 Å². The van der Waals surface area contributed by atoms with Gasteiger partial charge in [0.1, 0.15) is 0 Å². The number of carbonyl (C=O) groups excluding carboxylic acids is 1. The lowest BCUT2D eigenvalue weighted by Crippen LogP contribution is -2.40. The molecule has 0 unspecified atom stereocenters. The van der Waals surface area contributed by atoms with E-state index in [1.165, 1.54) is 29.2 Å². The van der Waals surface area contributed by atoms with Gasteiger partial charge in [-0.1, -0.05) is 36.4 Å². The first-order valence-corrected chi connectivity index (χ1v) is 7.86. The van der Waals surface area contributed by atoms with Crippen molar-refractivity contribution in [3.63, 3.8) is 0 Å². The summed E-state index contributed by atoms with van der Waals surface area (Å²) in [6, 6.07) is 23.9. The van der Waals surface area contributed by atoms with Crippen LogP contribution in [-0.4, -0.2) is 11.0 Å². The number of nitrogens with one attached hydrogen (secondary N) is 2. The standard InChI is InChI=1S/C19H16N4O3/c24-19(21-20-15-11-13-18(14-12-15)23(25)26)22(16-7-3-1-4-8-16)17-9-5-2-6-10-17/h1-14,20H,(H,21,24). The van der Waals surface area contributed by atoms with Crippen molar-refractivity contribution < 1.29 is 9.72 Å². The van der Waals surface area contributed by atoms with Crippen molar-refractivity contribution in [1.29, 1.82) is 0 Å². The molecule has 0 aliphatic carbocycles. The summed E-state index contributed by atoms with van der Waals surface area (Å²) in [5, 5.41) is 10.7. The number of rotatable bonds is 5. The molecule has 3 aromatic rings. The van der Waals surface area contributed by atoms with Gasteiger partial charge in [-0.25, -0.2) is 4.79 Å². The van der Waals surface area contributed by atoms with Crippen molar-refractivity contribution in [1.82, 2.24) is 5.43 Å². The Morgan fingerprint density at radius 3 is 1.77 bits per heavy atom. The van der Waals surface area contributed by atoms with Crippen molar-refractivity contribution in [2.45, 2.75) is 0 Å². The van der Waals surface area contributed by atoms with Crippen LogP contribution in [0.2, 0.25) is 0 Å². The van der Waals surface area contributed by atoms with Gasteiger partial charge >= 0.3 is 6.03 Å². The zero-order valence-electron chi connectivity index (χ0n) is 13.7. The number of urea groups is 1. The van der Waals surface area contributed by atoms with Gasteiger partial charge in [-0.15, -0.1) is 0 Å². The van der Waals surface area contributed by atoms with E-state index in [0.29, 0.717) is 17.1 Å². The van der Waals surface area contributed by atoms with Gasteiger partial charge in [-0.05, 0) is 36.4 Å². The molecule has 0 spiro atoms. The Hall–Kier alpha value is -3.87. The van der Waals surface area contributed by atoms with Gasteiger partial charge in [0, 0.05) is 12.1 Å². The van der Waals surface area contributed by atoms with Crippen LogP contribution in [0.5, 0.6) is 0 Å². The van der Waals surface area contributed by atoms with Crippen LogP contribution in [0.4, 0.5) is 27.5 Å². The number of nitro benzene ring substituents is 1. The van der Waals surface area contributed by atoms with E-state index in [1.54, 1.807) is 0 Å². The van der Waals surface area contributed by atoms with Gasteiger partial charge in [-0.3, -0.25) is 25.9 Å². The Balaban J connectivity index is 1.77. The third-order valence-electron chi connectivity index (χ3n) is 3.62. The normalized spacial score (nSPS) is 10.0. The summed E-state index contributed by atoms with van der Waals surface area (Å²) in [4.78, 5) is 24.5. The molecule has 7 nitrogen and oxygen atoms in total. The third kappa shape index (κ3) is 3.96. The average molecular weight is 348 g/mol. The van der Waals surface area contributed by atoms with E-state index in [-0.39, 0.29) is 11.7 Å². The molecule has 0 saturated heterocycles. The first kappa shape index (κ1) is 17.0. The molecular weight excluding hydrogens is 332 g/mol. The minimum Gasteiger partial charge on any atom is -0.297 e. The van der Waals surface area contributed by atoms with E-state index in [1.807, 2.05) is 60.7 Å². The fraction of sp³-hybridized carbons (Fsp3) is 0. The third-order valence-corrected chi connectivity index (χ3v) is 3.62. The van der Waals surface area contributed by atoms with Crippen molar-refractivity contribution in [2.24, 2.45) is 0 Å². The highest BCUT2D eigenvalue weighted by molar-refractivity contribution is 5.99. The van der Waals surface area contributed by atoms with Crippen molar-refractivity contribution >= 4 is 28.8 Å². The summed E-state index contributed by atoms with van der Waals surface area (Å²) in [5.41, 5.74) is 7.31. The molecule has 0 saturated carbocycles. The second-order valence-corrected chi connectivity index (χ2v) is 5.37. The number of hydrazine groups is 1. The number of carbonyl (C=O) groups is 1. The molecule has 2 amide bonds. The molecule has 3 rings (SSSR count). The van der Waals surface area contributed by atoms with E-state index in [4.69, 9.17) is 0 Å². The number of hydrogen-bond acceptors (Lipinski definition) is 4.